The normalized spacial score (nSPS) is 15.4. The Hall–Kier alpha value is -3.55. The molecule has 0 saturated carbocycles. The molecule has 8 heteroatoms. The third-order valence-corrected chi connectivity index (χ3v) is 7.26. The van der Waals surface area contributed by atoms with Crippen molar-refractivity contribution in [2.45, 2.75) is 40.0 Å². The molecule has 2 heterocycles. The highest BCUT2D eigenvalue weighted by molar-refractivity contribution is 6.03. The van der Waals surface area contributed by atoms with Crippen LogP contribution in [0.3, 0.4) is 0 Å². The first kappa shape index (κ1) is 30.4. The van der Waals surface area contributed by atoms with Crippen molar-refractivity contribution in [1.29, 1.82) is 0 Å². The molecule has 41 heavy (non-hydrogen) atoms. The summed E-state index contributed by atoms with van der Waals surface area (Å²) in [6.07, 6.45) is 3.80. The predicted molar refractivity (Wildman–Crippen MR) is 160 cm³/mol. The number of halogens is 2. The number of aromatic hydroxyl groups is 1. The van der Waals surface area contributed by atoms with Crippen LogP contribution in [0.4, 0.5) is 4.39 Å². The van der Waals surface area contributed by atoms with Crippen LogP contribution in [0.2, 0.25) is 0 Å². The van der Waals surface area contributed by atoms with Gasteiger partial charge in [0.25, 0.3) is 0 Å². The lowest BCUT2D eigenvalue weighted by atomic mass is 9.87. The topological polar surface area (TPSA) is 68.2 Å². The quantitative estimate of drug-likeness (QED) is 0.237. The number of hydrogen-bond acceptors (Lipinski definition) is 6. The highest BCUT2D eigenvalue weighted by Crippen LogP contribution is 2.47. The van der Waals surface area contributed by atoms with E-state index in [1.165, 1.54) is 37.5 Å². The van der Waals surface area contributed by atoms with Crippen LogP contribution in [0.25, 0.3) is 11.1 Å². The molecule has 0 aromatic heterocycles. The van der Waals surface area contributed by atoms with Crippen molar-refractivity contribution in [1.82, 2.24) is 4.90 Å². The first-order valence-corrected chi connectivity index (χ1v) is 13.9. The van der Waals surface area contributed by atoms with Crippen molar-refractivity contribution in [3.8, 4) is 23.0 Å². The average molecular weight is 582 g/mol. The lowest BCUT2D eigenvalue weighted by Crippen LogP contribution is -2.33. The molecule has 5 rings (SSSR count). The van der Waals surface area contributed by atoms with Crippen LogP contribution in [-0.4, -0.2) is 48.8 Å². The molecule has 0 radical (unpaired) electrons. The van der Waals surface area contributed by atoms with E-state index in [1.807, 2.05) is 24.3 Å². The fourth-order valence-electron chi connectivity index (χ4n) is 5.02. The van der Waals surface area contributed by atoms with Crippen LogP contribution in [-0.2, 0) is 4.79 Å². The number of carbonyl (C=O) groups is 1. The molecule has 0 atom stereocenters. The maximum atomic E-state index is 13.7. The van der Waals surface area contributed by atoms with Gasteiger partial charge in [-0.1, -0.05) is 30.7 Å². The van der Waals surface area contributed by atoms with Crippen LogP contribution in [0, 0.1) is 11.2 Å². The van der Waals surface area contributed by atoms with E-state index in [2.05, 4.69) is 4.90 Å². The molecule has 6 nitrogen and oxygen atoms in total. The Morgan fingerprint density at radius 2 is 1.61 bits per heavy atom. The SMILES string of the molecule is CC(C)(C)C(=O)Oc1cc(O)c2c(c1)OCC(c1ccc(F)cc1)=C2c1ccc(OCCN2CCCCC2)cc1.Cl. The molecular formula is C33H37ClFNO5. The van der Waals surface area contributed by atoms with Gasteiger partial charge in [0.05, 0.1) is 11.0 Å². The number of ether oxygens (including phenoxy) is 3. The van der Waals surface area contributed by atoms with Gasteiger partial charge in [-0.2, -0.15) is 0 Å². The Balaban J connectivity index is 0.00000387. The molecule has 3 aromatic rings. The number of rotatable bonds is 7. The molecule has 0 bridgehead atoms. The number of esters is 1. The van der Waals surface area contributed by atoms with Gasteiger partial charge in [0.2, 0.25) is 0 Å². The van der Waals surface area contributed by atoms with Gasteiger partial charge in [-0.25, -0.2) is 4.39 Å². The zero-order chi connectivity index (χ0) is 28.3. The van der Waals surface area contributed by atoms with E-state index < -0.39 is 11.4 Å². The minimum atomic E-state index is -0.704. The Morgan fingerprint density at radius 3 is 2.27 bits per heavy atom. The average Bonchev–Trinajstić information content (AvgIpc) is 2.93. The van der Waals surface area contributed by atoms with E-state index in [9.17, 15) is 14.3 Å². The Bertz CT molecular complexity index is 1390. The van der Waals surface area contributed by atoms with Crippen LogP contribution in [0.5, 0.6) is 23.0 Å². The second-order valence-electron chi connectivity index (χ2n) is 11.4. The molecule has 1 fully saturated rings. The monoisotopic (exact) mass is 581 g/mol. The van der Waals surface area contributed by atoms with E-state index in [0.29, 0.717) is 17.9 Å². The third kappa shape index (κ3) is 7.21. The van der Waals surface area contributed by atoms with Gasteiger partial charge in [-0.05, 0) is 82.1 Å². The van der Waals surface area contributed by atoms with Crippen molar-refractivity contribution in [3.05, 3.63) is 83.2 Å². The fraction of sp³-hybridized carbons (Fsp3) is 0.364. The standard InChI is InChI=1S/C33H36FNO5.ClH/c1-33(2,3)32(37)40-26-19-28(36)31-29(20-26)39-21-27(22-7-11-24(34)12-8-22)30(31)23-9-13-25(14-10-23)38-18-17-35-15-5-4-6-16-35;/h7-14,19-20,36H,4-6,15-18,21H2,1-3H3;1H. The zero-order valence-electron chi connectivity index (χ0n) is 23.7. The third-order valence-electron chi connectivity index (χ3n) is 7.26. The van der Waals surface area contributed by atoms with Crippen molar-refractivity contribution >= 4 is 29.5 Å². The molecule has 218 valence electrons. The predicted octanol–water partition coefficient (Wildman–Crippen LogP) is 7.12. The van der Waals surface area contributed by atoms with Gasteiger partial charge < -0.3 is 19.3 Å². The van der Waals surface area contributed by atoms with E-state index in [4.69, 9.17) is 14.2 Å². The lowest BCUT2D eigenvalue weighted by Gasteiger charge is -2.27. The number of phenols is 1. The van der Waals surface area contributed by atoms with Gasteiger partial charge in [0, 0.05) is 29.8 Å². The van der Waals surface area contributed by atoms with Gasteiger partial charge in [-0.3, -0.25) is 9.69 Å². The number of carbonyl (C=O) groups excluding carboxylic acids is 1. The molecule has 0 spiro atoms. The molecule has 1 saturated heterocycles. The summed E-state index contributed by atoms with van der Waals surface area (Å²) in [4.78, 5) is 14.9. The van der Waals surface area contributed by atoms with Crippen molar-refractivity contribution in [2.24, 2.45) is 5.41 Å². The second-order valence-corrected chi connectivity index (χ2v) is 11.4. The van der Waals surface area contributed by atoms with E-state index >= 15 is 0 Å². The number of hydrogen-bond donors (Lipinski definition) is 1. The summed E-state index contributed by atoms with van der Waals surface area (Å²) < 4.78 is 31.4. The minimum Gasteiger partial charge on any atom is -0.507 e. The van der Waals surface area contributed by atoms with Crippen LogP contribution < -0.4 is 14.2 Å². The molecule has 0 amide bonds. The lowest BCUT2D eigenvalue weighted by molar-refractivity contribution is -0.143. The Kier molecular flexibility index (Phi) is 9.61. The van der Waals surface area contributed by atoms with E-state index in [-0.39, 0.29) is 36.3 Å². The summed E-state index contributed by atoms with van der Waals surface area (Å²) in [5, 5.41) is 11.2. The molecule has 2 aliphatic rings. The van der Waals surface area contributed by atoms with Gasteiger partial charge >= 0.3 is 5.97 Å². The summed E-state index contributed by atoms with van der Waals surface area (Å²) in [6.45, 7) is 9.27. The number of fused-ring (bicyclic) bond motifs is 1. The van der Waals surface area contributed by atoms with Gasteiger partial charge in [0.15, 0.2) is 0 Å². The van der Waals surface area contributed by atoms with E-state index in [1.54, 1.807) is 39.0 Å². The fourth-order valence-corrected chi connectivity index (χ4v) is 5.02. The smallest absolute Gasteiger partial charge is 0.316 e. The van der Waals surface area contributed by atoms with Crippen molar-refractivity contribution < 1.29 is 28.5 Å². The molecule has 1 N–H and O–H groups in total. The van der Waals surface area contributed by atoms with Crippen molar-refractivity contribution in [2.75, 3.05) is 32.8 Å². The zero-order valence-corrected chi connectivity index (χ0v) is 24.6. The summed E-state index contributed by atoms with van der Waals surface area (Å²) in [5.74, 6) is 0.553. The maximum Gasteiger partial charge on any atom is 0.316 e. The summed E-state index contributed by atoms with van der Waals surface area (Å²) >= 11 is 0. The molecule has 2 aliphatic heterocycles. The Labute approximate surface area is 247 Å². The summed E-state index contributed by atoms with van der Waals surface area (Å²) in [5.41, 5.74) is 2.98. The summed E-state index contributed by atoms with van der Waals surface area (Å²) in [7, 11) is 0. The molecule has 0 unspecified atom stereocenters. The van der Waals surface area contributed by atoms with Gasteiger partial charge in [0.1, 0.15) is 42.0 Å². The largest absolute Gasteiger partial charge is 0.507 e. The number of likely N-dealkylation sites (tertiary alicyclic amines) is 1. The van der Waals surface area contributed by atoms with Crippen LogP contribution >= 0.6 is 12.4 Å². The highest BCUT2D eigenvalue weighted by Gasteiger charge is 2.29. The molecule has 0 aliphatic carbocycles. The first-order chi connectivity index (χ1) is 19.2. The maximum absolute atomic E-state index is 13.7. The van der Waals surface area contributed by atoms with Gasteiger partial charge in [-0.15, -0.1) is 12.4 Å². The highest BCUT2D eigenvalue weighted by atomic mass is 35.5. The summed E-state index contributed by atoms with van der Waals surface area (Å²) in [6, 6.07) is 17.0. The van der Waals surface area contributed by atoms with Crippen LogP contribution in [0.15, 0.2) is 60.7 Å². The van der Waals surface area contributed by atoms with Crippen molar-refractivity contribution in [3.63, 3.8) is 0 Å². The second kappa shape index (κ2) is 13.0. The van der Waals surface area contributed by atoms with Crippen LogP contribution in [0.1, 0.15) is 56.7 Å². The number of nitrogens with zero attached hydrogens (tertiary/aromatic N) is 1. The Morgan fingerprint density at radius 1 is 0.951 bits per heavy atom. The number of benzene rings is 3. The molecule has 3 aromatic carbocycles. The first-order valence-electron chi connectivity index (χ1n) is 13.9. The van der Waals surface area contributed by atoms with E-state index in [0.717, 1.165) is 47.7 Å². The number of piperidine rings is 1. The number of phenolic OH excluding ortho intramolecular Hbond substituents is 1. The minimum absolute atomic E-state index is 0. The molecular weight excluding hydrogens is 545 g/mol.